The molecule has 1 N–H and O–H groups in total. The van der Waals surface area contributed by atoms with Gasteiger partial charge in [0.15, 0.2) is 5.16 Å². The summed E-state index contributed by atoms with van der Waals surface area (Å²) >= 11 is 4.45. The Labute approximate surface area is 181 Å². The Bertz CT molecular complexity index is 968. The highest BCUT2D eigenvalue weighted by Crippen LogP contribution is 2.22. The van der Waals surface area contributed by atoms with Crippen molar-refractivity contribution in [2.75, 3.05) is 24.8 Å². The zero-order valence-electron chi connectivity index (χ0n) is 15.8. The second-order valence-corrected chi connectivity index (χ2v) is 8.02. The van der Waals surface area contributed by atoms with E-state index in [9.17, 15) is 9.18 Å². The molecule has 3 aromatic rings. The van der Waals surface area contributed by atoms with Crippen molar-refractivity contribution >= 4 is 39.3 Å². The van der Waals surface area contributed by atoms with E-state index < -0.39 is 5.82 Å². The van der Waals surface area contributed by atoms with Crippen LogP contribution in [-0.4, -0.2) is 40.1 Å². The molecule has 9 heteroatoms. The zero-order valence-corrected chi connectivity index (χ0v) is 18.2. The number of hydrogen-bond donors (Lipinski definition) is 1. The summed E-state index contributed by atoms with van der Waals surface area (Å²) < 4.78 is 21.7. The second kappa shape index (κ2) is 10.5. The highest BCUT2D eigenvalue weighted by atomic mass is 79.9. The largest absolute Gasteiger partial charge is 0.383 e. The maximum atomic E-state index is 13.9. The third-order valence-corrected chi connectivity index (χ3v) is 5.52. The lowest BCUT2D eigenvalue weighted by molar-refractivity contribution is -0.113. The van der Waals surface area contributed by atoms with Gasteiger partial charge in [-0.15, -0.1) is 10.2 Å². The molecule has 29 heavy (non-hydrogen) atoms. The quantitative estimate of drug-likeness (QED) is 0.467. The first kappa shape index (κ1) is 21.5. The number of thioether (sulfide) groups is 1. The highest BCUT2D eigenvalue weighted by molar-refractivity contribution is 9.10. The van der Waals surface area contributed by atoms with Gasteiger partial charge in [0.1, 0.15) is 11.6 Å². The summed E-state index contributed by atoms with van der Waals surface area (Å²) in [7, 11) is 1.63. The number of nitrogens with one attached hydrogen (secondary N) is 1. The van der Waals surface area contributed by atoms with Gasteiger partial charge in [0.2, 0.25) is 5.91 Å². The van der Waals surface area contributed by atoms with Gasteiger partial charge in [-0.3, -0.25) is 4.79 Å². The summed E-state index contributed by atoms with van der Waals surface area (Å²) in [5.41, 5.74) is 1.27. The second-order valence-electron chi connectivity index (χ2n) is 6.17. The van der Waals surface area contributed by atoms with E-state index >= 15 is 0 Å². The average Bonchev–Trinajstić information content (AvgIpc) is 3.09. The first-order valence-corrected chi connectivity index (χ1v) is 10.7. The minimum Gasteiger partial charge on any atom is -0.383 e. The summed E-state index contributed by atoms with van der Waals surface area (Å²) in [6.45, 7) is 1.08. The lowest BCUT2D eigenvalue weighted by Gasteiger charge is -2.10. The number of benzene rings is 2. The standard InChI is InChI=1S/C20H20BrFN4O2S/c1-28-10-9-26-18(11-14-5-3-2-4-6-14)24-25-20(26)29-13-19(27)23-17-8-7-15(21)12-16(17)22/h2-8,12H,9-11,13H2,1H3,(H,23,27). The monoisotopic (exact) mass is 478 g/mol. The Balaban J connectivity index is 1.66. The smallest absolute Gasteiger partial charge is 0.234 e. The number of methoxy groups -OCH3 is 1. The van der Waals surface area contributed by atoms with Gasteiger partial charge in [0.25, 0.3) is 0 Å². The van der Waals surface area contributed by atoms with Crippen LogP contribution >= 0.6 is 27.7 Å². The van der Waals surface area contributed by atoms with Crippen molar-refractivity contribution in [3.05, 3.63) is 70.2 Å². The number of rotatable bonds is 9. The highest BCUT2D eigenvalue weighted by Gasteiger charge is 2.15. The van der Waals surface area contributed by atoms with Crippen LogP contribution in [0.2, 0.25) is 0 Å². The molecule has 152 valence electrons. The Hall–Kier alpha value is -2.23. The average molecular weight is 479 g/mol. The fourth-order valence-electron chi connectivity index (χ4n) is 2.65. The minimum absolute atomic E-state index is 0.0892. The molecular formula is C20H20BrFN4O2S. The number of ether oxygens (including phenoxy) is 1. The Kier molecular flexibility index (Phi) is 7.79. The van der Waals surface area contributed by atoms with Gasteiger partial charge in [0, 0.05) is 24.5 Å². The van der Waals surface area contributed by atoms with Crippen LogP contribution in [0.25, 0.3) is 0 Å². The molecule has 6 nitrogen and oxygen atoms in total. The van der Waals surface area contributed by atoms with Crippen LogP contribution in [0.5, 0.6) is 0 Å². The maximum absolute atomic E-state index is 13.9. The van der Waals surface area contributed by atoms with Gasteiger partial charge in [-0.1, -0.05) is 58.0 Å². The van der Waals surface area contributed by atoms with Crippen molar-refractivity contribution in [2.45, 2.75) is 18.1 Å². The normalized spacial score (nSPS) is 10.9. The van der Waals surface area contributed by atoms with Gasteiger partial charge < -0.3 is 14.6 Å². The number of carbonyl (C=O) groups is 1. The van der Waals surface area contributed by atoms with Gasteiger partial charge in [-0.05, 0) is 23.8 Å². The predicted molar refractivity (Wildman–Crippen MR) is 115 cm³/mol. The summed E-state index contributed by atoms with van der Waals surface area (Å²) in [5.74, 6) is 0.0785. The summed E-state index contributed by atoms with van der Waals surface area (Å²) in [5, 5.41) is 11.7. The molecule has 0 fully saturated rings. The van der Waals surface area contributed by atoms with Crippen LogP contribution in [0.4, 0.5) is 10.1 Å². The van der Waals surface area contributed by atoms with Gasteiger partial charge in [0.05, 0.1) is 18.0 Å². The molecule has 1 amide bonds. The third-order valence-electron chi connectivity index (χ3n) is 4.06. The molecule has 3 rings (SSSR count). The third kappa shape index (κ3) is 6.12. The molecule has 0 unspecified atom stereocenters. The van der Waals surface area contributed by atoms with Crippen molar-refractivity contribution < 1.29 is 13.9 Å². The topological polar surface area (TPSA) is 69.0 Å². The predicted octanol–water partition coefficient (Wildman–Crippen LogP) is 4.15. The molecule has 1 heterocycles. The van der Waals surface area contributed by atoms with Crippen molar-refractivity contribution in [3.8, 4) is 0 Å². The molecule has 0 spiro atoms. The van der Waals surface area contributed by atoms with E-state index in [-0.39, 0.29) is 17.3 Å². The molecule has 0 saturated carbocycles. The molecule has 0 aliphatic heterocycles. The zero-order chi connectivity index (χ0) is 20.6. The molecule has 2 aromatic carbocycles. The van der Waals surface area contributed by atoms with E-state index in [4.69, 9.17) is 4.74 Å². The van der Waals surface area contributed by atoms with E-state index in [0.717, 1.165) is 11.4 Å². The molecule has 0 atom stereocenters. The van der Waals surface area contributed by atoms with Crippen LogP contribution in [0.15, 0.2) is 58.2 Å². The van der Waals surface area contributed by atoms with Gasteiger partial charge in [-0.25, -0.2) is 4.39 Å². The van der Waals surface area contributed by atoms with Crippen LogP contribution in [0.1, 0.15) is 11.4 Å². The van der Waals surface area contributed by atoms with Crippen molar-refractivity contribution in [1.29, 1.82) is 0 Å². The fraction of sp³-hybridized carbons (Fsp3) is 0.250. The maximum Gasteiger partial charge on any atom is 0.234 e. The molecule has 0 radical (unpaired) electrons. The van der Waals surface area contributed by atoms with E-state index in [1.165, 1.54) is 23.9 Å². The van der Waals surface area contributed by atoms with Crippen LogP contribution in [0, 0.1) is 5.82 Å². The molecule has 1 aromatic heterocycles. The van der Waals surface area contributed by atoms with Crippen molar-refractivity contribution in [2.24, 2.45) is 0 Å². The molecular weight excluding hydrogens is 459 g/mol. The van der Waals surface area contributed by atoms with E-state index in [2.05, 4.69) is 31.4 Å². The number of carbonyl (C=O) groups excluding carboxylic acids is 1. The molecule has 0 aliphatic rings. The SMILES string of the molecule is COCCn1c(Cc2ccccc2)nnc1SCC(=O)Nc1ccc(Br)cc1F. The van der Waals surface area contributed by atoms with Crippen LogP contribution in [0.3, 0.4) is 0 Å². The Morgan fingerprint density at radius 3 is 2.76 bits per heavy atom. The Morgan fingerprint density at radius 1 is 1.24 bits per heavy atom. The summed E-state index contributed by atoms with van der Waals surface area (Å²) in [4.78, 5) is 12.3. The van der Waals surface area contributed by atoms with Gasteiger partial charge >= 0.3 is 0 Å². The number of nitrogens with zero attached hydrogens (tertiary/aromatic N) is 3. The van der Waals surface area contributed by atoms with Gasteiger partial charge in [-0.2, -0.15) is 0 Å². The van der Waals surface area contributed by atoms with Crippen molar-refractivity contribution in [3.63, 3.8) is 0 Å². The van der Waals surface area contributed by atoms with E-state index in [1.54, 1.807) is 13.2 Å². The van der Waals surface area contributed by atoms with E-state index in [1.807, 2.05) is 34.9 Å². The van der Waals surface area contributed by atoms with Crippen LogP contribution < -0.4 is 5.32 Å². The van der Waals surface area contributed by atoms with E-state index in [0.29, 0.717) is 29.2 Å². The molecule has 0 bridgehead atoms. The first-order valence-electron chi connectivity index (χ1n) is 8.89. The minimum atomic E-state index is -0.494. The van der Waals surface area contributed by atoms with Crippen LogP contribution in [-0.2, 0) is 22.5 Å². The number of anilines is 1. The molecule has 0 saturated heterocycles. The summed E-state index contributed by atoms with van der Waals surface area (Å²) in [6.07, 6.45) is 0.633. The molecule has 0 aliphatic carbocycles. The first-order chi connectivity index (χ1) is 14.1. The summed E-state index contributed by atoms with van der Waals surface area (Å²) in [6, 6.07) is 14.5. The van der Waals surface area contributed by atoms with Crippen molar-refractivity contribution in [1.82, 2.24) is 14.8 Å². The number of halogens is 2. The Morgan fingerprint density at radius 2 is 2.03 bits per heavy atom. The lowest BCUT2D eigenvalue weighted by Crippen LogP contribution is -2.16. The number of hydrogen-bond acceptors (Lipinski definition) is 5. The number of aromatic nitrogens is 3. The fourth-order valence-corrected chi connectivity index (χ4v) is 3.77. The lowest BCUT2D eigenvalue weighted by atomic mass is 10.1. The number of amides is 1.